The predicted molar refractivity (Wildman–Crippen MR) is 130 cm³/mol. The van der Waals surface area contributed by atoms with Gasteiger partial charge in [0.2, 0.25) is 5.91 Å². The van der Waals surface area contributed by atoms with Crippen LogP contribution in [0.15, 0.2) is 72.9 Å². The Morgan fingerprint density at radius 2 is 1.67 bits per heavy atom. The number of aliphatic hydroxyl groups is 1. The fourth-order valence-electron chi connectivity index (χ4n) is 3.47. The van der Waals surface area contributed by atoms with Gasteiger partial charge in [-0.3, -0.25) is 20.3 Å². The third-order valence-electron chi connectivity index (χ3n) is 5.36. The molecule has 3 aromatic rings. The summed E-state index contributed by atoms with van der Waals surface area (Å²) < 4.78 is 0. The monoisotopic (exact) mass is 448 g/mol. The van der Waals surface area contributed by atoms with Crippen LogP contribution in [0.1, 0.15) is 36.9 Å². The van der Waals surface area contributed by atoms with Gasteiger partial charge in [0, 0.05) is 49.1 Å². The molecular formula is C26H32N4O3. The molecule has 2 aromatic carbocycles. The molecule has 0 saturated carbocycles. The average molecular weight is 449 g/mol. The lowest BCUT2D eigenvalue weighted by Gasteiger charge is -2.13. The fourth-order valence-corrected chi connectivity index (χ4v) is 3.47. The number of nitrogens with zero attached hydrogens (tertiary/aromatic N) is 1. The standard InChI is InChI=1S/C26H32N4O3/c31-25(30-33)9-5-2-6-16-27-23-13-10-21(11-14-23)22-12-15-24(28-19-22)17-26(32)29-18-20-7-3-1-4-8-20/h1,3-4,7-8,10-15,19,26-27,29,32-33H,2,5-6,9,16-18H2,(H,30,31). The molecule has 1 heterocycles. The zero-order valence-electron chi connectivity index (χ0n) is 18.7. The maximum absolute atomic E-state index is 11.0. The summed E-state index contributed by atoms with van der Waals surface area (Å²) in [5.41, 5.74) is 6.77. The van der Waals surface area contributed by atoms with Gasteiger partial charge in [-0.25, -0.2) is 5.48 Å². The summed E-state index contributed by atoms with van der Waals surface area (Å²) in [5.74, 6) is -0.336. The number of aromatic nitrogens is 1. The van der Waals surface area contributed by atoms with Gasteiger partial charge < -0.3 is 10.4 Å². The number of hydrogen-bond acceptors (Lipinski definition) is 6. The first-order valence-electron chi connectivity index (χ1n) is 11.3. The molecule has 3 rings (SSSR count). The number of hydroxylamine groups is 1. The van der Waals surface area contributed by atoms with Crippen LogP contribution < -0.4 is 16.1 Å². The molecule has 0 spiro atoms. The van der Waals surface area contributed by atoms with E-state index in [1.807, 2.05) is 60.8 Å². The van der Waals surface area contributed by atoms with Gasteiger partial charge in [0.05, 0.1) is 0 Å². The van der Waals surface area contributed by atoms with Crippen LogP contribution in [0.4, 0.5) is 5.69 Å². The van der Waals surface area contributed by atoms with Crippen LogP contribution in [-0.2, 0) is 17.8 Å². The minimum atomic E-state index is -0.652. The molecule has 1 atom stereocenters. The molecule has 0 aliphatic rings. The maximum atomic E-state index is 11.0. The average Bonchev–Trinajstić information content (AvgIpc) is 2.86. The van der Waals surface area contributed by atoms with Crippen molar-refractivity contribution in [1.29, 1.82) is 0 Å². The molecule has 0 aliphatic carbocycles. The van der Waals surface area contributed by atoms with Crippen molar-refractivity contribution in [3.8, 4) is 11.1 Å². The number of amides is 1. The zero-order valence-corrected chi connectivity index (χ0v) is 18.7. The highest BCUT2D eigenvalue weighted by Gasteiger charge is 2.07. The molecule has 174 valence electrons. The molecule has 1 amide bonds. The Balaban J connectivity index is 1.40. The van der Waals surface area contributed by atoms with Crippen molar-refractivity contribution < 1.29 is 15.1 Å². The Hall–Kier alpha value is -3.26. The first-order valence-corrected chi connectivity index (χ1v) is 11.3. The van der Waals surface area contributed by atoms with Gasteiger partial charge in [-0.05, 0) is 42.2 Å². The number of carbonyl (C=O) groups is 1. The van der Waals surface area contributed by atoms with Crippen LogP contribution in [-0.4, -0.2) is 34.0 Å². The van der Waals surface area contributed by atoms with Crippen molar-refractivity contribution in [1.82, 2.24) is 15.8 Å². The SMILES string of the molecule is O=C(CCCCCNc1ccc(-c2ccc(CC(O)NCc3ccccc3)nc2)cc1)NO. The van der Waals surface area contributed by atoms with E-state index in [4.69, 9.17) is 5.21 Å². The lowest BCUT2D eigenvalue weighted by Crippen LogP contribution is -2.30. The molecule has 7 nitrogen and oxygen atoms in total. The minimum absolute atomic E-state index is 0.336. The molecule has 7 heteroatoms. The van der Waals surface area contributed by atoms with Crippen molar-refractivity contribution >= 4 is 11.6 Å². The number of unbranched alkanes of at least 4 members (excludes halogenated alkanes) is 2. The van der Waals surface area contributed by atoms with Crippen molar-refractivity contribution in [3.05, 3.63) is 84.2 Å². The maximum Gasteiger partial charge on any atom is 0.243 e. The molecule has 1 unspecified atom stereocenters. The second-order valence-corrected chi connectivity index (χ2v) is 7.97. The third kappa shape index (κ3) is 8.65. The summed E-state index contributed by atoms with van der Waals surface area (Å²) in [6.07, 6.45) is 4.62. The summed E-state index contributed by atoms with van der Waals surface area (Å²) in [6.45, 7) is 1.44. The highest BCUT2D eigenvalue weighted by Crippen LogP contribution is 2.21. The normalized spacial score (nSPS) is 11.7. The lowest BCUT2D eigenvalue weighted by molar-refractivity contribution is -0.129. The number of hydrogen-bond donors (Lipinski definition) is 5. The zero-order chi connectivity index (χ0) is 23.3. The van der Waals surface area contributed by atoms with E-state index in [2.05, 4.69) is 27.8 Å². The number of pyridine rings is 1. The lowest BCUT2D eigenvalue weighted by atomic mass is 10.1. The van der Waals surface area contributed by atoms with Crippen molar-refractivity contribution in [2.24, 2.45) is 0 Å². The smallest absolute Gasteiger partial charge is 0.243 e. The van der Waals surface area contributed by atoms with Crippen molar-refractivity contribution in [3.63, 3.8) is 0 Å². The van der Waals surface area contributed by atoms with Gasteiger partial charge in [-0.15, -0.1) is 0 Å². The highest BCUT2D eigenvalue weighted by atomic mass is 16.5. The predicted octanol–water partition coefficient (Wildman–Crippen LogP) is 3.88. The van der Waals surface area contributed by atoms with Crippen LogP contribution in [0.25, 0.3) is 11.1 Å². The van der Waals surface area contributed by atoms with E-state index in [1.165, 1.54) is 0 Å². The van der Waals surface area contributed by atoms with Gasteiger partial charge in [0.25, 0.3) is 0 Å². The number of nitrogens with one attached hydrogen (secondary N) is 3. The Kier molecular flexibility index (Phi) is 9.85. The van der Waals surface area contributed by atoms with Gasteiger partial charge in [-0.2, -0.15) is 0 Å². The Labute approximate surface area is 194 Å². The Morgan fingerprint density at radius 1 is 0.909 bits per heavy atom. The molecule has 5 N–H and O–H groups in total. The summed E-state index contributed by atoms with van der Waals surface area (Å²) in [4.78, 5) is 15.5. The van der Waals surface area contributed by atoms with Crippen molar-refractivity contribution in [2.75, 3.05) is 11.9 Å². The first-order chi connectivity index (χ1) is 16.1. The minimum Gasteiger partial charge on any atom is -0.385 e. The summed E-state index contributed by atoms with van der Waals surface area (Å²) in [5, 5.41) is 25.2. The molecule has 0 saturated heterocycles. The topological polar surface area (TPSA) is 107 Å². The van der Waals surface area contributed by atoms with Crippen LogP contribution in [0.2, 0.25) is 0 Å². The summed E-state index contributed by atoms with van der Waals surface area (Å²) >= 11 is 0. The van der Waals surface area contributed by atoms with E-state index in [0.717, 1.165) is 53.9 Å². The van der Waals surface area contributed by atoms with Crippen LogP contribution in [0.5, 0.6) is 0 Å². The van der Waals surface area contributed by atoms with E-state index >= 15 is 0 Å². The quantitative estimate of drug-likeness (QED) is 0.118. The molecule has 33 heavy (non-hydrogen) atoms. The second-order valence-electron chi connectivity index (χ2n) is 7.97. The van der Waals surface area contributed by atoms with Crippen molar-refractivity contribution in [2.45, 2.75) is 44.9 Å². The fraction of sp³-hybridized carbons (Fsp3) is 0.308. The van der Waals surface area contributed by atoms with E-state index in [1.54, 1.807) is 5.48 Å². The molecule has 1 aromatic heterocycles. The van der Waals surface area contributed by atoms with Crippen LogP contribution in [0, 0.1) is 0 Å². The largest absolute Gasteiger partial charge is 0.385 e. The summed E-state index contributed by atoms with van der Waals surface area (Å²) in [6, 6.07) is 22.2. The first kappa shape index (κ1) is 24.4. The van der Waals surface area contributed by atoms with Crippen LogP contribution >= 0.6 is 0 Å². The molecule has 0 bridgehead atoms. The summed E-state index contributed by atoms with van der Waals surface area (Å²) in [7, 11) is 0. The van der Waals surface area contributed by atoms with Gasteiger partial charge in [0.15, 0.2) is 0 Å². The molecule has 0 fully saturated rings. The van der Waals surface area contributed by atoms with Gasteiger partial charge in [0.1, 0.15) is 6.23 Å². The number of rotatable bonds is 13. The number of benzene rings is 2. The number of carbonyl (C=O) groups excluding carboxylic acids is 1. The van der Waals surface area contributed by atoms with Crippen LogP contribution in [0.3, 0.4) is 0 Å². The molecular weight excluding hydrogens is 416 g/mol. The Morgan fingerprint density at radius 3 is 2.36 bits per heavy atom. The second kappa shape index (κ2) is 13.3. The molecule has 0 aliphatic heterocycles. The van der Waals surface area contributed by atoms with E-state index < -0.39 is 6.23 Å². The van der Waals surface area contributed by atoms with Gasteiger partial charge >= 0.3 is 0 Å². The number of aliphatic hydroxyl groups excluding tert-OH is 1. The molecule has 0 radical (unpaired) electrons. The van der Waals surface area contributed by atoms with E-state index in [9.17, 15) is 9.90 Å². The third-order valence-corrected chi connectivity index (χ3v) is 5.36. The van der Waals surface area contributed by atoms with E-state index in [0.29, 0.717) is 19.4 Å². The van der Waals surface area contributed by atoms with E-state index in [-0.39, 0.29) is 5.91 Å². The number of anilines is 1. The highest BCUT2D eigenvalue weighted by molar-refractivity contribution is 5.74. The Bertz CT molecular complexity index is 963. The van der Waals surface area contributed by atoms with Gasteiger partial charge in [-0.1, -0.05) is 55.0 Å².